The highest BCUT2D eigenvalue weighted by atomic mass is 32.2. The van der Waals surface area contributed by atoms with Crippen LogP contribution in [0.25, 0.3) is 0 Å². The number of carbonyl (C=O) groups excluding carboxylic acids is 4. The molecule has 0 saturated carbocycles. The Balaban J connectivity index is 1.59. The first-order valence-electron chi connectivity index (χ1n) is 10.7. The van der Waals surface area contributed by atoms with Gasteiger partial charge in [0.25, 0.3) is 11.8 Å². The lowest BCUT2D eigenvalue weighted by Gasteiger charge is -2.48. The van der Waals surface area contributed by atoms with Crippen molar-refractivity contribution in [3.8, 4) is 0 Å². The number of rotatable bonds is 11. The highest BCUT2D eigenvalue weighted by Crippen LogP contribution is 2.37. The summed E-state index contributed by atoms with van der Waals surface area (Å²) in [6.45, 7) is 3.59. The van der Waals surface area contributed by atoms with E-state index in [1.54, 1.807) is 18.4 Å². The highest BCUT2D eigenvalue weighted by molar-refractivity contribution is 8.00. The van der Waals surface area contributed by atoms with Crippen molar-refractivity contribution in [2.24, 2.45) is 5.16 Å². The number of hydrogen-bond donors (Lipinski definition) is 2. The zero-order chi connectivity index (χ0) is 25.4. The summed E-state index contributed by atoms with van der Waals surface area (Å²) in [6, 6.07) is -0.886. The minimum absolute atomic E-state index is 0.0628. The summed E-state index contributed by atoms with van der Waals surface area (Å²) in [6.07, 6.45) is 1.39. The minimum atomic E-state index is -0.886. The van der Waals surface area contributed by atoms with Crippen LogP contribution in [0.5, 0.6) is 0 Å². The minimum Gasteiger partial charge on any atom is -0.457 e. The lowest BCUT2D eigenvalue weighted by molar-refractivity contribution is -0.152. The van der Waals surface area contributed by atoms with Crippen molar-refractivity contribution >= 4 is 57.9 Å². The van der Waals surface area contributed by atoms with Gasteiger partial charge in [0.1, 0.15) is 42.6 Å². The number of hydrogen-bond acceptors (Lipinski definition) is 13. The Bertz CT molecular complexity index is 1030. The molecule has 1 fully saturated rings. The SMILES string of the molecule is CCCON=C(C(=O)NC1C(=O)N2C(C(=O)OCCOC(=O)OCC)=CCS[C@@H]12)c1csc(N)n1. The Morgan fingerprint density at radius 1 is 1.23 bits per heavy atom. The number of thioether (sulfide) groups is 1. The normalized spacial score (nSPS) is 19.1. The van der Waals surface area contributed by atoms with E-state index < -0.39 is 35.4 Å². The van der Waals surface area contributed by atoms with Gasteiger partial charge in [-0.1, -0.05) is 12.1 Å². The topological polar surface area (TPSA) is 172 Å². The van der Waals surface area contributed by atoms with Gasteiger partial charge in [0.05, 0.1) is 6.61 Å². The van der Waals surface area contributed by atoms with Crippen LogP contribution in [0.2, 0.25) is 0 Å². The van der Waals surface area contributed by atoms with Gasteiger partial charge in [-0.15, -0.1) is 23.1 Å². The molecular formula is C20H25N5O8S2. The molecule has 0 spiro atoms. The molecule has 0 aromatic carbocycles. The van der Waals surface area contributed by atoms with E-state index in [4.69, 9.17) is 20.0 Å². The Kier molecular flexibility index (Phi) is 9.31. The molecule has 0 radical (unpaired) electrons. The molecule has 13 nitrogen and oxygen atoms in total. The van der Waals surface area contributed by atoms with Crippen LogP contribution in [0, 0.1) is 0 Å². The third-order valence-corrected chi connectivity index (χ3v) is 6.43. The molecule has 3 heterocycles. The lowest BCUT2D eigenvalue weighted by atomic mass is 10.0. The number of oxime groups is 1. The predicted molar refractivity (Wildman–Crippen MR) is 126 cm³/mol. The van der Waals surface area contributed by atoms with Gasteiger partial charge in [0.2, 0.25) is 0 Å². The molecule has 15 heteroatoms. The fourth-order valence-corrected chi connectivity index (χ4v) is 4.78. The van der Waals surface area contributed by atoms with Gasteiger partial charge in [-0.3, -0.25) is 14.5 Å². The summed E-state index contributed by atoms with van der Waals surface area (Å²) in [5.74, 6) is -1.45. The third-order valence-electron chi connectivity index (χ3n) is 4.57. The molecular weight excluding hydrogens is 502 g/mol. The summed E-state index contributed by atoms with van der Waals surface area (Å²) < 4.78 is 14.4. The van der Waals surface area contributed by atoms with Gasteiger partial charge in [0.15, 0.2) is 10.8 Å². The van der Waals surface area contributed by atoms with E-state index >= 15 is 0 Å². The number of β-lactam (4-membered cyclic amide) rings is 1. The molecule has 1 aromatic heterocycles. The van der Waals surface area contributed by atoms with Crippen molar-refractivity contribution in [3.63, 3.8) is 0 Å². The molecule has 2 aliphatic heterocycles. The first kappa shape index (κ1) is 26.3. The number of nitrogens with zero attached hydrogens (tertiary/aromatic N) is 3. The van der Waals surface area contributed by atoms with E-state index in [0.29, 0.717) is 18.8 Å². The van der Waals surface area contributed by atoms with E-state index in [2.05, 4.69) is 20.2 Å². The van der Waals surface area contributed by atoms with Crippen LogP contribution in [0.4, 0.5) is 9.93 Å². The Morgan fingerprint density at radius 3 is 2.69 bits per heavy atom. The number of carbonyl (C=O) groups is 4. The monoisotopic (exact) mass is 527 g/mol. The molecule has 2 atom stereocenters. The first-order valence-corrected chi connectivity index (χ1v) is 12.6. The molecule has 1 saturated heterocycles. The second-order valence-electron chi connectivity index (χ2n) is 6.98. The smallest absolute Gasteiger partial charge is 0.457 e. The van der Waals surface area contributed by atoms with Crippen LogP contribution in [0.1, 0.15) is 26.0 Å². The largest absolute Gasteiger partial charge is 0.508 e. The van der Waals surface area contributed by atoms with E-state index in [-0.39, 0.29) is 42.1 Å². The van der Waals surface area contributed by atoms with Crippen LogP contribution in [0.3, 0.4) is 0 Å². The molecule has 2 amide bonds. The van der Waals surface area contributed by atoms with E-state index in [0.717, 1.165) is 11.3 Å². The van der Waals surface area contributed by atoms with E-state index in [1.807, 2.05) is 6.92 Å². The molecule has 190 valence electrons. The molecule has 1 unspecified atom stereocenters. The van der Waals surface area contributed by atoms with Gasteiger partial charge < -0.3 is 30.1 Å². The number of ether oxygens (including phenoxy) is 3. The van der Waals surface area contributed by atoms with Crippen LogP contribution in [0.15, 0.2) is 22.3 Å². The number of thiazole rings is 1. The maximum atomic E-state index is 12.9. The van der Waals surface area contributed by atoms with Crippen LogP contribution in [-0.2, 0) is 33.4 Å². The lowest BCUT2D eigenvalue weighted by Crippen LogP contribution is -2.70. The zero-order valence-corrected chi connectivity index (χ0v) is 20.7. The fourth-order valence-electron chi connectivity index (χ4n) is 3.03. The maximum Gasteiger partial charge on any atom is 0.508 e. The molecule has 0 bridgehead atoms. The van der Waals surface area contributed by atoms with Crippen LogP contribution in [-0.4, -0.2) is 83.1 Å². The maximum absolute atomic E-state index is 12.9. The van der Waals surface area contributed by atoms with Crippen molar-refractivity contribution in [3.05, 3.63) is 22.8 Å². The van der Waals surface area contributed by atoms with Crippen LogP contribution >= 0.6 is 23.1 Å². The summed E-state index contributed by atoms with van der Waals surface area (Å²) in [5, 5.41) is 7.84. The number of nitrogens with one attached hydrogen (secondary N) is 1. The Labute approximate surface area is 209 Å². The van der Waals surface area contributed by atoms with Crippen molar-refractivity contribution in [1.82, 2.24) is 15.2 Å². The average molecular weight is 528 g/mol. The fraction of sp³-hybridized carbons (Fsp3) is 0.500. The number of fused-ring (bicyclic) bond motifs is 1. The third kappa shape index (κ3) is 6.42. The highest BCUT2D eigenvalue weighted by Gasteiger charge is 2.53. The molecule has 3 rings (SSSR count). The number of nitrogen functional groups attached to an aromatic ring is 1. The Morgan fingerprint density at radius 2 is 2.00 bits per heavy atom. The van der Waals surface area contributed by atoms with Gasteiger partial charge >= 0.3 is 12.1 Å². The van der Waals surface area contributed by atoms with Crippen molar-refractivity contribution in [1.29, 1.82) is 0 Å². The first-order chi connectivity index (χ1) is 16.9. The average Bonchev–Trinajstić information content (AvgIpc) is 3.27. The summed E-state index contributed by atoms with van der Waals surface area (Å²) in [5.41, 5.74) is 5.86. The molecule has 1 aromatic rings. The van der Waals surface area contributed by atoms with Crippen LogP contribution < -0.4 is 11.1 Å². The molecule has 0 aliphatic carbocycles. The molecule has 35 heavy (non-hydrogen) atoms. The second-order valence-corrected chi connectivity index (χ2v) is 9.02. The van der Waals surface area contributed by atoms with Crippen molar-refractivity contribution in [2.45, 2.75) is 31.7 Å². The second kappa shape index (κ2) is 12.4. The van der Waals surface area contributed by atoms with Crippen molar-refractivity contribution in [2.75, 3.05) is 37.9 Å². The molecule has 3 N–H and O–H groups in total. The molecule has 2 aliphatic rings. The van der Waals surface area contributed by atoms with Gasteiger partial charge in [0, 0.05) is 11.1 Å². The number of amides is 2. The summed E-state index contributed by atoms with van der Waals surface area (Å²) >= 11 is 2.51. The van der Waals surface area contributed by atoms with Gasteiger partial charge in [-0.2, -0.15) is 0 Å². The number of nitrogens with two attached hydrogens (primary N) is 1. The van der Waals surface area contributed by atoms with Gasteiger partial charge in [-0.05, 0) is 19.4 Å². The van der Waals surface area contributed by atoms with Gasteiger partial charge in [-0.25, -0.2) is 14.6 Å². The number of esters is 1. The van der Waals surface area contributed by atoms with E-state index in [9.17, 15) is 19.2 Å². The predicted octanol–water partition coefficient (Wildman–Crippen LogP) is 0.856. The number of aromatic nitrogens is 1. The van der Waals surface area contributed by atoms with Crippen molar-refractivity contribution < 1.29 is 38.2 Å². The quantitative estimate of drug-likeness (QED) is 0.137. The van der Waals surface area contributed by atoms with E-state index in [1.165, 1.54) is 16.7 Å². The standard InChI is InChI=1S/C20H25N5O8S2/c1-3-6-33-24-13(11-10-35-19(21)22-11)15(26)23-14-16(27)25-12(5-9-34-17(14)25)18(28)31-7-8-32-20(29)30-4-2/h5,10,14,17H,3-4,6-9H2,1-2H3,(H2,21,22)(H,23,26)/t14?,17-/m0/s1. The Hall–Kier alpha value is -3.33. The number of anilines is 1. The summed E-state index contributed by atoms with van der Waals surface area (Å²) in [7, 11) is 0. The zero-order valence-electron chi connectivity index (χ0n) is 19.1. The summed E-state index contributed by atoms with van der Waals surface area (Å²) in [4.78, 5) is 59.9.